The molecule has 0 spiro atoms. The van der Waals surface area contributed by atoms with Crippen molar-refractivity contribution in [2.45, 2.75) is 44.8 Å². The van der Waals surface area contributed by atoms with Gasteiger partial charge in [0.05, 0.1) is 0 Å². The van der Waals surface area contributed by atoms with Gasteiger partial charge in [0.1, 0.15) is 17.9 Å². The van der Waals surface area contributed by atoms with Gasteiger partial charge < -0.3 is 9.88 Å². The number of nitrogens with zero attached hydrogens (tertiary/aromatic N) is 2. The number of aromatic nitrogens is 2. The second-order valence-corrected chi connectivity index (χ2v) is 5.43. The van der Waals surface area contributed by atoms with Gasteiger partial charge in [-0.1, -0.05) is 0 Å². The minimum absolute atomic E-state index is 0.193. The van der Waals surface area contributed by atoms with Crippen LogP contribution in [-0.4, -0.2) is 39.5 Å². The van der Waals surface area contributed by atoms with Crippen molar-refractivity contribution in [3.63, 3.8) is 0 Å². The Morgan fingerprint density at radius 2 is 2.10 bits per heavy atom. The van der Waals surface area contributed by atoms with E-state index in [1.165, 1.54) is 13.8 Å². The highest BCUT2D eigenvalue weighted by molar-refractivity contribution is 5.93. The van der Waals surface area contributed by atoms with Crippen molar-refractivity contribution >= 4 is 5.91 Å². The maximum Gasteiger partial charge on any atom is 0.406 e. The van der Waals surface area contributed by atoms with Crippen LogP contribution in [0.3, 0.4) is 0 Å². The molecule has 0 aliphatic heterocycles. The molecule has 1 N–H and O–H groups in total. The SMILES string of the molecule is CC(C)N(CC(F)(F)F)C(=O)c1cnc(C2CC2)[nH]c1=O. The van der Waals surface area contributed by atoms with Crippen molar-refractivity contribution in [1.82, 2.24) is 14.9 Å². The highest BCUT2D eigenvalue weighted by Gasteiger charge is 2.35. The van der Waals surface area contributed by atoms with Crippen LogP contribution in [0.25, 0.3) is 0 Å². The van der Waals surface area contributed by atoms with Gasteiger partial charge >= 0.3 is 6.18 Å². The molecule has 1 aliphatic rings. The molecule has 21 heavy (non-hydrogen) atoms. The standard InChI is InChI=1S/C13H16F3N3O2/c1-7(2)19(6-13(14,15)16)12(21)9-5-17-10(8-3-4-8)18-11(9)20/h5,7-8H,3-4,6H2,1-2H3,(H,17,18,20). The summed E-state index contributed by atoms with van der Waals surface area (Å²) < 4.78 is 37.6. The van der Waals surface area contributed by atoms with Crippen LogP contribution in [0.2, 0.25) is 0 Å². The van der Waals surface area contributed by atoms with E-state index in [4.69, 9.17) is 0 Å². The molecule has 2 rings (SSSR count). The fourth-order valence-corrected chi connectivity index (χ4v) is 1.96. The Hall–Kier alpha value is -1.86. The molecule has 0 radical (unpaired) electrons. The van der Waals surface area contributed by atoms with E-state index in [1.807, 2.05) is 0 Å². The zero-order chi connectivity index (χ0) is 15.8. The number of rotatable bonds is 4. The predicted octanol–water partition coefficient (Wildman–Crippen LogP) is 2.06. The molecule has 0 unspecified atom stereocenters. The summed E-state index contributed by atoms with van der Waals surface area (Å²) in [6, 6.07) is -0.679. The molecule has 0 bridgehead atoms. The third-order valence-electron chi connectivity index (χ3n) is 3.25. The van der Waals surface area contributed by atoms with Gasteiger partial charge in [-0.15, -0.1) is 0 Å². The van der Waals surface area contributed by atoms with Gasteiger partial charge in [0.25, 0.3) is 11.5 Å². The minimum atomic E-state index is -4.52. The van der Waals surface area contributed by atoms with E-state index < -0.39 is 30.2 Å². The Morgan fingerprint density at radius 3 is 2.52 bits per heavy atom. The predicted molar refractivity (Wildman–Crippen MR) is 69.1 cm³/mol. The van der Waals surface area contributed by atoms with Crippen molar-refractivity contribution in [3.8, 4) is 0 Å². The second kappa shape index (κ2) is 5.50. The Morgan fingerprint density at radius 1 is 1.48 bits per heavy atom. The van der Waals surface area contributed by atoms with Gasteiger partial charge in [0, 0.05) is 18.2 Å². The summed E-state index contributed by atoms with van der Waals surface area (Å²) in [7, 11) is 0. The number of halogens is 3. The maximum atomic E-state index is 12.5. The molecule has 1 aromatic heterocycles. The lowest BCUT2D eigenvalue weighted by molar-refractivity contribution is -0.143. The third-order valence-corrected chi connectivity index (χ3v) is 3.25. The lowest BCUT2D eigenvalue weighted by Crippen LogP contribution is -2.45. The lowest BCUT2D eigenvalue weighted by atomic mass is 10.2. The number of carbonyl (C=O) groups excluding carboxylic acids is 1. The molecule has 116 valence electrons. The quantitative estimate of drug-likeness (QED) is 0.926. The van der Waals surface area contributed by atoms with Crippen LogP contribution in [0.4, 0.5) is 13.2 Å². The van der Waals surface area contributed by atoms with Crippen LogP contribution >= 0.6 is 0 Å². The normalized spacial score (nSPS) is 15.3. The van der Waals surface area contributed by atoms with Crippen LogP contribution in [-0.2, 0) is 0 Å². The summed E-state index contributed by atoms with van der Waals surface area (Å²) in [5.74, 6) is -0.278. The molecule has 0 atom stereocenters. The average molecular weight is 303 g/mol. The number of carbonyl (C=O) groups is 1. The van der Waals surface area contributed by atoms with Crippen molar-refractivity contribution in [3.05, 3.63) is 27.9 Å². The van der Waals surface area contributed by atoms with Crippen LogP contribution in [0.15, 0.2) is 11.0 Å². The molecule has 1 saturated carbocycles. The van der Waals surface area contributed by atoms with Crippen LogP contribution < -0.4 is 5.56 Å². The first kappa shape index (κ1) is 15.5. The minimum Gasteiger partial charge on any atom is -0.327 e. The van der Waals surface area contributed by atoms with E-state index in [0.717, 1.165) is 19.0 Å². The molecule has 1 aliphatic carbocycles. The number of H-pyrrole nitrogens is 1. The van der Waals surface area contributed by atoms with E-state index in [-0.39, 0.29) is 11.5 Å². The molecule has 5 nitrogen and oxygen atoms in total. The summed E-state index contributed by atoms with van der Waals surface area (Å²) in [4.78, 5) is 31.1. The van der Waals surface area contributed by atoms with E-state index in [2.05, 4.69) is 9.97 Å². The van der Waals surface area contributed by atoms with Gasteiger partial charge in [0.2, 0.25) is 0 Å². The first-order chi connectivity index (χ1) is 9.69. The van der Waals surface area contributed by atoms with Crippen LogP contribution in [0, 0.1) is 0 Å². The smallest absolute Gasteiger partial charge is 0.327 e. The van der Waals surface area contributed by atoms with E-state index in [0.29, 0.717) is 10.7 Å². The number of amides is 1. The van der Waals surface area contributed by atoms with Crippen molar-refractivity contribution in [1.29, 1.82) is 0 Å². The number of aromatic amines is 1. The number of nitrogens with one attached hydrogen (secondary N) is 1. The summed E-state index contributed by atoms with van der Waals surface area (Å²) in [6.07, 6.45) is -1.61. The summed E-state index contributed by atoms with van der Waals surface area (Å²) in [6.45, 7) is 1.53. The molecular weight excluding hydrogens is 287 g/mol. The Labute approximate surface area is 119 Å². The van der Waals surface area contributed by atoms with Gasteiger partial charge in [-0.2, -0.15) is 13.2 Å². The number of hydrogen-bond donors (Lipinski definition) is 1. The largest absolute Gasteiger partial charge is 0.406 e. The van der Waals surface area contributed by atoms with Crippen molar-refractivity contribution in [2.75, 3.05) is 6.54 Å². The maximum absolute atomic E-state index is 12.5. The first-order valence-electron chi connectivity index (χ1n) is 6.66. The van der Waals surface area contributed by atoms with Crippen LogP contribution in [0.5, 0.6) is 0 Å². The van der Waals surface area contributed by atoms with E-state index >= 15 is 0 Å². The highest BCUT2D eigenvalue weighted by atomic mass is 19.4. The lowest BCUT2D eigenvalue weighted by Gasteiger charge is -2.27. The highest BCUT2D eigenvalue weighted by Crippen LogP contribution is 2.37. The molecule has 1 heterocycles. The molecular formula is C13H16F3N3O2. The van der Waals surface area contributed by atoms with Crippen molar-refractivity contribution < 1.29 is 18.0 Å². The van der Waals surface area contributed by atoms with Gasteiger partial charge in [0.15, 0.2) is 0 Å². The summed E-state index contributed by atoms with van der Waals surface area (Å²) >= 11 is 0. The first-order valence-corrected chi connectivity index (χ1v) is 6.66. The molecule has 1 amide bonds. The van der Waals surface area contributed by atoms with Gasteiger partial charge in [-0.25, -0.2) is 4.98 Å². The fraction of sp³-hybridized carbons (Fsp3) is 0.615. The Balaban J connectivity index is 2.26. The second-order valence-electron chi connectivity index (χ2n) is 5.43. The third kappa shape index (κ3) is 3.83. The average Bonchev–Trinajstić information content (AvgIpc) is 3.18. The zero-order valence-corrected chi connectivity index (χ0v) is 11.7. The molecule has 0 saturated heterocycles. The monoisotopic (exact) mass is 303 g/mol. The molecule has 8 heteroatoms. The van der Waals surface area contributed by atoms with Gasteiger partial charge in [-0.05, 0) is 26.7 Å². The topological polar surface area (TPSA) is 66.1 Å². The molecule has 1 aromatic rings. The Bertz CT molecular complexity index is 591. The molecule has 0 aromatic carbocycles. The van der Waals surface area contributed by atoms with Gasteiger partial charge in [-0.3, -0.25) is 9.59 Å². The number of alkyl halides is 3. The Kier molecular flexibility index (Phi) is 4.06. The van der Waals surface area contributed by atoms with Crippen molar-refractivity contribution in [2.24, 2.45) is 0 Å². The van der Waals surface area contributed by atoms with E-state index in [9.17, 15) is 22.8 Å². The van der Waals surface area contributed by atoms with Crippen LogP contribution in [0.1, 0.15) is 48.8 Å². The zero-order valence-electron chi connectivity index (χ0n) is 11.7. The fourth-order valence-electron chi connectivity index (χ4n) is 1.96. The summed E-state index contributed by atoms with van der Waals surface area (Å²) in [5, 5.41) is 0. The van der Waals surface area contributed by atoms with E-state index in [1.54, 1.807) is 0 Å². The summed E-state index contributed by atoms with van der Waals surface area (Å²) in [5.41, 5.74) is -1.05. The molecule has 1 fully saturated rings. The number of hydrogen-bond acceptors (Lipinski definition) is 3.